The number of nitrogens with one attached hydrogen (secondary N) is 1. The van der Waals surface area contributed by atoms with Gasteiger partial charge in [0, 0.05) is 17.1 Å². The number of thioether (sulfide) groups is 1. The fourth-order valence-electron chi connectivity index (χ4n) is 3.32. The molecule has 1 amide bonds. The molecule has 140 valence electrons. The second-order valence-corrected chi connectivity index (χ2v) is 8.54. The quantitative estimate of drug-likeness (QED) is 0.859. The van der Waals surface area contributed by atoms with Crippen molar-refractivity contribution < 1.29 is 4.79 Å². The number of aromatic nitrogens is 3. The molecule has 1 N–H and O–H groups in total. The van der Waals surface area contributed by atoms with E-state index >= 15 is 0 Å². The zero-order chi connectivity index (χ0) is 19.0. The van der Waals surface area contributed by atoms with Crippen LogP contribution in [0.1, 0.15) is 45.1 Å². The van der Waals surface area contributed by atoms with E-state index in [4.69, 9.17) is 11.6 Å². The SMILES string of the molecule is Cc1nnc2n1N[C@@H](c1ccc(Cl)cc1)[C@H](C(=O)N(C(C)C)C(C)C)S2. The Labute approximate surface area is 163 Å². The number of nitrogens with zero attached hydrogens (tertiary/aromatic N) is 4. The predicted octanol–water partition coefficient (Wildman–Crippen LogP) is 3.64. The summed E-state index contributed by atoms with van der Waals surface area (Å²) < 4.78 is 1.85. The van der Waals surface area contributed by atoms with Crippen LogP contribution < -0.4 is 5.43 Å². The molecule has 8 heteroatoms. The first kappa shape index (κ1) is 19.0. The first-order valence-electron chi connectivity index (χ1n) is 8.72. The molecule has 0 radical (unpaired) electrons. The van der Waals surface area contributed by atoms with Gasteiger partial charge in [0.25, 0.3) is 0 Å². The number of hydrogen-bond donors (Lipinski definition) is 1. The van der Waals surface area contributed by atoms with Crippen LogP contribution in [-0.4, -0.2) is 43.0 Å². The lowest BCUT2D eigenvalue weighted by Crippen LogP contribution is -2.50. The van der Waals surface area contributed by atoms with Crippen molar-refractivity contribution in [2.45, 2.75) is 63.2 Å². The summed E-state index contributed by atoms with van der Waals surface area (Å²) in [6, 6.07) is 7.66. The number of fused-ring (bicyclic) bond motifs is 1. The molecule has 0 saturated heterocycles. The van der Waals surface area contributed by atoms with Gasteiger partial charge in [-0.3, -0.25) is 4.79 Å². The maximum atomic E-state index is 13.4. The number of hydrogen-bond acceptors (Lipinski definition) is 5. The van der Waals surface area contributed by atoms with Crippen molar-refractivity contribution in [1.29, 1.82) is 0 Å². The van der Waals surface area contributed by atoms with Crippen molar-refractivity contribution in [3.8, 4) is 0 Å². The molecular formula is C18H24ClN5OS. The van der Waals surface area contributed by atoms with E-state index in [0.29, 0.717) is 10.2 Å². The van der Waals surface area contributed by atoms with E-state index in [-0.39, 0.29) is 29.3 Å². The standard InChI is InChI=1S/C18H24ClN5OS/c1-10(2)23(11(3)4)17(25)16-15(13-6-8-14(19)9-7-13)22-24-12(5)20-21-18(24)26-16/h6-11,15-16,22H,1-5H3/t15-,16+/m0/s1. The van der Waals surface area contributed by atoms with Gasteiger partial charge in [0.1, 0.15) is 11.1 Å². The summed E-state index contributed by atoms with van der Waals surface area (Å²) in [6.07, 6.45) is 0. The molecule has 1 aromatic carbocycles. The smallest absolute Gasteiger partial charge is 0.239 e. The Balaban J connectivity index is 2.01. The van der Waals surface area contributed by atoms with Crippen molar-refractivity contribution in [3.05, 3.63) is 40.7 Å². The van der Waals surface area contributed by atoms with Crippen LogP contribution in [0.25, 0.3) is 0 Å². The van der Waals surface area contributed by atoms with Gasteiger partial charge >= 0.3 is 0 Å². The van der Waals surface area contributed by atoms with Gasteiger partial charge < -0.3 is 10.3 Å². The lowest BCUT2D eigenvalue weighted by Gasteiger charge is -2.39. The lowest BCUT2D eigenvalue weighted by atomic mass is 10.0. The fraction of sp³-hybridized carbons (Fsp3) is 0.500. The van der Waals surface area contributed by atoms with Crippen LogP contribution in [0.5, 0.6) is 0 Å². The summed E-state index contributed by atoms with van der Waals surface area (Å²) in [4.78, 5) is 15.4. The summed E-state index contributed by atoms with van der Waals surface area (Å²) in [5, 5.41) is 9.38. The highest BCUT2D eigenvalue weighted by atomic mass is 35.5. The maximum Gasteiger partial charge on any atom is 0.239 e. The average Bonchev–Trinajstić information content (AvgIpc) is 2.94. The summed E-state index contributed by atoms with van der Waals surface area (Å²) in [6.45, 7) is 10.1. The number of benzene rings is 1. The topological polar surface area (TPSA) is 63.1 Å². The molecular weight excluding hydrogens is 370 g/mol. The normalized spacial score (nSPS) is 19.4. The molecule has 0 unspecified atom stereocenters. The third kappa shape index (κ3) is 3.55. The number of carbonyl (C=O) groups is 1. The molecule has 0 aliphatic carbocycles. The van der Waals surface area contributed by atoms with Gasteiger partial charge in [-0.05, 0) is 52.3 Å². The van der Waals surface area contributed by atoms with Crippen LogP contribution in [0, 0.1) is 6.92 Å². The Kier molecular flexibility index (Phi) is 5.48. The molecule has 2 aromatic rings. The van der Waals surface area contributed by atoms with Crippen LogP contribution in [0.2, 0.25) is 5.02 Å². The first-order valence-corrected chi connectivity index (χ1v) is 9.98. The number of halogens is 1. The Morgan fingerprint density at radius 1 is 1.19 bits per heavy atom. The van der Waals surface area contributed by atoms with E-state index in [2.05, 4.69) is 15.6 Å². The van der Waals surface area contributed by atoms with Crippen molar-refractivity contribution in [3.63, 3.8) is 0 Å². The van der Waals surface area contributed by atoms with E-state index in [0.717, 1.165) is 11.4 Å². The molecule has 3 rings (SSSR count). The van der Waals surface area contributed by atoms with E-state index in [1.54, 1.807) is 0 Å². The van der Waals surface area contributed by atoms with Crippen molar-refractivity contribution in [2.75, 3.05) is 5.43 Å². The monoisotopic (exact) mass is 393 g/mol. The minimum atomic E-state index is -0.336. The molecule has 0 spiro atoms. The van der Waals surface area contributed by atoms with Crippen LogP contribution in [-0.2, 0) is 4.79 Å². The van der Waals surface area contributed by atoms with Gasteiger partial charge in [-0.15, -0.1) is 10.2 Å². The lowest BCUT2D eigenvalue weighted by molar-refractivity contribution is -0.134. The molecule has 2 heterocycles. The summed E-state index contributed by atoms with van der Waals surface area (Å²) in [5.41, 5.74) is 4.43. The molecule has 0 bridgehead atoms. The molecule has 1 aliphatic rings. The van der Waals surface area contributed by atoms with E-state index in [1.165, 1.54) is 11.8 Å². The van der Waals surface area contributed by atoms with Gasteiger partial charge in [0.15, 0.2) is 0 Å². The van der Waals surface area contributed by atoms with Crippen LogP contribution >= 0.6 is 23.4 Å². The van der Waals surface area contributed by atoms with E-state index < -0.39 is 0 Å². The van der Waals surface area contributed by atoms with E-state index in [1.807, 2.05) is 68.5 Å². The van der Waals surface area contributed by atoms with Crippen molar-refractivity contribution >= 4 is 29.3 Å². The Morgan fingerprint density at radius 3 is 2.38 bits per heavy atom. The highest BCUT2D eigenvalue weighted by Gasteiger charge is 2.40. The highest BCUT2D eigenvalue weighted by Crippen LogP contribution is 2.38. The summed E-state index contributed by atoms with van der Waals surface area (Å²) in [7, 11) is 0. The van der Waals surface area contributed by atoms with Gasteiger partial charge in [-0.2, -0.15) is 0 Å². The minimum Gasteiger partial charge on any atom is -0.337 e. The maximum absolute atomic E-state index is 13.4. The fourth-order valence-corrected chi connectivity index (χ4v) is 4.63. The van der Waals surface area contributed by atoms with Gasteiger partial charge in [-0.25, -0.2) is 4.68 Å². The molecule has 0 fully saturated rings. The number of carbonyl (C=O) groups excluding carboxylic acids is 1. The van der Waals surface area contributed by atoms with Crippen molar-refractivity contribution in [2.24, 2.45) is 0 Å². The predicted molar refractivity (Wildman–Crippen MR) is 105 cm³/mol. The van der Waals surface area contributed by atoms with Crippen molar-refractivity contribution in [1.82, 2.24) is 19.8 Å². The average molecular weight is 394 g/mol. The van der Waals surface area contributed by atoms with Crippen LogP contribution in [0.3, 0.4) is 0 Å². The molecule has 2 atom stereocenters. The third-order valence-electron chi connectivity index (χ3n) is 4.44. The summed E-state index contributed by atoms with van der Waals surface area (Å²) in [5.74, 6) is 0.862. The molecule has 0 saturated carbocycles. The highest BCUT2D eigenvalue weighted by molar-refractivity contribution is 8.00. The molecule has 26 heavy (non-hydrogen) atoms. The Bertz CT molecular complexity index is 781. The number of aryl methyl sites for hydroxylation is 1. The van der Waals surface area contributed by atoms with E-state index in [9.17, 15) is 4.79 Å². The third-order valence-corrected chi connectivity index (χ3v) is 5.89. The molecule has 1 aliphatic heterocycles. The van der Waals surface area contributed by atoms with Crippen LogP contribution in [0.15, 0.2) is 29.4 Å². The largest absolute Gasteiger partial charge is 0.337 e. The zero-order valence-corrected chi connectivity index (χ0v) is 17.2. The number of amides is 1. The zero-order valence-electron chi connectivity index (χ0n) is 15.6. The first-order chi connectivity index (χ1) is 12.3. The second-order valence-electron chi connectivity index (χ2n) is 6.99. The van der Waals surface area contributed by atoms with Gasteiger partial charge in [0.05, 0.1) is 6.04 Å². The summed E-state index contributed by atoms with van der Waals surface area (Å²) >= 11 is 7.50. The minimum absolute atomic E-state index is 0.0966. The molecule has 6 nitrogen and oxygen atoms in total. The van der Waals surface area contributed by atoms with Crippen LogP contribution in [0.4, 0.5) is 0 Å². The van der Waals surface area contributed by atoms with Gasteiger partial charge in [0.2, 0.25) is 11.1 Å². The Hall–Kier alpha value is -1.73. The Morgan fingerprint density at radius 2 is 1.81 bits per heavy atom. The molecule has 1 aromatic heterocycles. The number of rotatable bonds is 4. The van der Waals surface area contributed by atoms with Gasteiger partial charge in [-0.1, -0.05) is 35.5 Å². The second kappa shape index (κ2) is 7.48.